The molecule has 0 unspecified atom stereocenters. The number of piperazine rings is 1. The number of nitrogens with zero attached hydrogens (tertiary/aromatic N) is 3. The fourth-order valence-corrected chi connectivity index (χ4v) is 6.96. The van der Waals surface area contributed by atoms with Crippen LogP contribution < -0.4 is 4.74 Å². The molecule has 8 nitrogen and oxygen atoms in total. The van der Waals surface area contributed by atoms with Gasteiger partial charge in [0.2, 0.25) is 0 Å². The molecule has 2 aromatic carbocycles. The van der Waals surface area contributed by atoms with Gasteiger partial charge in [-0.3, -0.25) is 9.69 Å². The van der Waals surface area contributed by atoms with Gasteiger partial charge in [0, 0.05) is 53.8 Å². The van der Waals surface area contributed by atoms with Crippen molar-refractivity contribution >= 4 is 35.0 Å². The predicted molar refractivity (Wildman–Crippen MR) is 165 cm³/mol. The first kappa shape index (κ1) is 32.6. The van der Waals surface area contributed by atoms with Crippen LogP contribution in [0.1, 0.15) is 39.2 Å². The van der Waals surface area contributed by atoms with Gasteiger partial charge in [-0.15, -0.1) is 23.1 Å². The molecule has 1 aliphatic heterocycles. The van der Waals surface area contributed by atoms with Crippen LogP contribution in [0.5, 0.6) is 5.75 Å². The van der Waals surface area contributed by atoms with Crippen molar-refractivity contribution in [2.45, 2.75) is 37.2 Å². The zero-order chi connectivity index (χ0) is 32.0. The SMILES string of the molecule is CCOC(=O)COc1ccc(SCc2sc(-c3ccc(C(F)(F)F)cc3)nc2CN2CCN(C(=O)c3ccco3)CC2)cc1C. The van der Waals surface area contributed by atoms with Crippen molar-refractivity contribution in [3.05, 3.63) is 88.3 Å². The second-order valence-corrected chi connectivity index (χ2v) is 12.5. The van der Waals surface area contributed by atoms with Crippen LogP contribution in [0.3, 0.4) is 0 Å². The van der Waals surface area contributed by atoms with E-state index in [1.54, 1.807) is 35.7 Å². The van der Waals surface area contributed by atoms with E-state index in [0.717, 1.165) is 33.2 Å². The van der Waals surface area contributed by atoms with Gasteiger partial charge in [0.1, 0.15) is 10.8 Å². The molecule has 1 aliphatic rings. The Balaban J connectivity index is 1.29. The second kappa shape index (κ2) is 14.5. The predicted octanol–water partition coefficient (Wildman–Crippen LogP) is 6.92. The molecule has 0 saturated carbocycles. The lowest BCUT2D eigenvalue weighted by atomic mass is 10.1. The largest absolute Gasteiger partial charge is 0.482 e. The maximum atomic E-state index is 13.2. The molecule has 0 spiro atoms. The fourth-order valence-electron chi connectivity index (χ4n) is 4.78. The molecule has 1 amide bonds. The number of benzene rings is 2. The topological polar surface area (TPSA) is 85.1 Å². The summed E-state index contributed by atoms with van der Waals surface area (Å²) in [5.41, 5.74) is 1.66. The minimum Gasteiger partial charge on any atom is -0.482 e. The summed E-state index contributed by atoms with van der Waals surface area (Å²) in [5.74, 6) is 0.954. The van der Waals surface area contributed by atoms with Gasteiger partial charge in [0.15, 0.2) is 12.4 Å². The average molecular weight is 660 g/mol. The number of aryl methyl sites for hydroxylation is 1. The highest BCUT2D eigenvalue weighted by molar-refractivity contribution is 7.98. The number of alkyl halides is 3. The highest BCUT2D eigenvalue weighted by Gasteiger charge is 2.30. The third-order valence-corrected chi connectivity index (χ3v) is 9.52. The van der Waals surface area contributed by atoms with Crippen LogP contribution in [0.15, 0.2) is 70.2 Å². The molecule has 45 heavy (non-hydrogen) atoms. The van der Waals surface area contributed by atoms with Crippen molar-refractivity contribution in [2.75, 3.05) is 39.4 Å². The van der Waals surface area contributed by atoms with Crippen LogP contribution >= 0.6 is 23.1 Å². The van der Waals surface area contributed by atoms with Gasteiger partial charge < -0.3 is 18.8 Å². The quantitative estimate of drug-likeness (QED) is 0.127. The van der Waals surface area contributed by atoms with Gasteiger partial charge in [-0.2, -0.15) is 13.2 Å². The zero-order valence-corrected chi connectivity index (χ0v) is 26.4. The van der Waals surface area contributed by atoms with Crippen LogP contribution in [0.25, 0.3) is 10.6 Å². The number of esters is 1. The molecule has 5 rings (SSSR count). The van der Waals surface area contributed by atoms with Crippen molar-refractivity contribution in [1.82, 2.24) is 14.8 Å². The molecule has 238 valence electrons. The van der Waals surface area contributed by atoms with Gasteiger partial charge in [0.25, 0.3) is 5.91 Å². The number of amides is 1. The summed E-state index contributed by atoms with van der Waals surface area (Å²) < 4.78 is 55.2. The van der Waals surface area contributed by atoms with Crippen molar-refractivity contribution in [3.8, 4) is 16.3 Å². The highest BCUT2D eigenvalue weighted by atomic mass is 32.2. The Labute approximate surface area is 267 Å². The third kappa shape index (κ3) is 8.47. The number of hydrogen-bond donors (Lipinski definition) is 0. The summed E-state index contributed by atoms with van der Waals surface area (Å²) in [6, 6.07) is 14.1. The highest BCUT2D eigenvalue weighted by Crippen LogP contribution is 2.36. The minimum absolute atomic E-state index is 0.136. The van der Waals surface area contributed by atoms with Crippen LogP contribution in [0.4, 0.5) is 13.2 Å². The maximum absolute atomic E-state index is 13.2. The van der Waals surface area contributed by atoms with Gasteiger partial charge in [-0.1, -0.05) is 12.1 Å². The molecular weight excluding hydrogens is 627 g/mol. The lowest BCUT2D eigenvalue weighted by molar-refractivity contribution is -0.145. The smallest absolute Gasteiger partial charge is 0.416 e. The number of thioether (sulfide) groups is 1. The molecule has 0 aliphatic carbocycles. The third-order valence-electron chi connectivity index (χ3n) is 7.17. The standard InChI is InChI=1S/C32H32F3N3O5S2/c1-3-41-29(39)19-43-26-11-10-24(17-21(26)2)44-20-28-25(36-30(45-28)22-6-8-23(9-7-22)32(33,34)35)18-37-12-14-38(15-13-37)31(40)27-5-4-16-42-27/h4-11,16-17H,3,12-15,18-20H2,1-2H3. The first-order valence-corrected chi connectivity index (χ1v) is 16.1. The Hall–Kier alpha value is -3.81. The molecule has 0 radical (unpaired) electrons. The average Bonchev–Trinajstić information content (AvgIpc) is 3.70. The van der Waals surface area contributed by atoms with Crippen molar-refractivity contribution in [2.24, 2.45) is 0 Å². The molecule has 0 N–H and O–H groups in total. The number of rotatable bonds is 11. The van der Waals surface area contributed by atoms with E-state index in [1.165, 1.54) is 29.7 Å². The first-order chi connectivity index (χ1) is 21.6. The summed E-state index contributed by atoms with van der Waals surface area (Å²) >= 11 is 3.08. The Morgan fingerprint density at radius 2 is 1.82 bits per heavy atom. The lowest BCUT2D eigenvalue weighted by Crippen LogP contribution is -2.48. The van der Waals surface area contributed by atoms with E-state index in [4.69, 9.17) is 18.9 Å². The van der Waals surface area contributed by atoms with Crippen LogP contribution in [-0.2, 0) is 28.0 Å². The molecule has 1 saturated heterocycles. The number of ether oxygens (including phenoxy) is 2. The summed E-state index contributed by atoms with van der Waals surface area (Å²) in [6.45, 7) is 6.71. The normalized spacial score (nSPS) is 14.0. The van der Waals surface area contributed by atoms with E-state index >= 15 is 0 Å². The van der Waals surface area contributed by atoms with Gasteiger partial charge in [-0.25, -0.2) is 9.78 Å². The zero-order valence-electron chi connectivity index (χ0n) is 24.8. The number of carbonyl (C=O) groups is 2. The summed E-state index contributed by atoms with van der Waals surface area (Å²) in [6.07, 6.45) is -2.93. The monoisotopic (exact) mass is 659 g/mol. The number of aromatic nitrogens is 1. The second-order valence-electron chi connectivity index (χ2n) is 10.3. The molecule has 1 fully saturated rings. The Morgan fingerprint density at radius 1 is 1.07 bits per heavy atom. The van der Waals surface area contributed by atoms with Crippen LogP contribution in [0, 0.1) is 6.92 Å². The van der Waals surface area contributed by atoms with Crippen LogP contribution in [0.2, 0.25) is 0 Å². The van der Waals surface area contributed by atoms with E-state index in [-0.39, 0.29) is 12.5 Å². The van der Waals surface area contributed by atoms with E-state index in [9.17, 15) is 22.8 Å². The first-order valence-electron chi connectivity index (χ1n) is 14.3. The molecule has 0 atom stereocenters. The Morgan fingerprint density at radius 3 is 2.47 bits per heavy atom. The molecular formula is C32H32F3N3O5S2. The number of furan rings is 1. The molecule has 13 heteroatoms. The van der Waals surface area contributed by atoms with E-state index in [0.29, 0.717) is 67.2 Å². The van der Waals surface area contributed by atoms with Crippen molar-refractivity contribution in [1.29, 1.82) is 0 Å². The molecule has 2 aromatic heterocycles. The van der Waals surface area contributed by atoms with Crippen molar-refractivity contribution < 1.29 is 36.7 Å². The molecule has 3 heterocycles. The summed E-state index contributed by atoms with van der Waals surface area (Å²) in [4.78, 5) is 35.2. The Bertz CT molecular complexity index is 1600. The molecule has 4 aromatic rings. The van der Waals surface area contributed by atoms with Gasteiger partial charge >= 0.3 is 12.1 Å². The number of carbonyl (C=O) groups excluding carboxylic acids is 2. The molecule has 0 bridgehead atoms. The van der Waals surface area contributed by atoms with Crippen LogP contribution in [-0.4, -0.2) is 66.1 Å². The van der Waals surface area contributed by atoms with Crippen molar-refractivity contribution in [3.63, 3.8) is 0 Å². The van der Waals surface area contributed by atoms with E-state index < -0.39 is 17.7 Å². The number of hydrogen-bond acceptors (Lipinski definition) is 9. The lowest BCUT2D eigenvalue weighted by Gasteiger charge is -2.34. The van der Waals surface area contributed by atoms with E-state index in [2.05, 4.69) is 4.90 Å². The summed E-state index contributed by atoms with van der Waals surface area (Å²) in [7, 11) is 0. The number of halogens is 3. The van der Waals surface area contributed by atoms with Gasteiger partial charge in [0.05, 0.1) is 24.1 Å². The minimum atomic E-state index is -4.41. The Kier molecular flexibility index (Phi) is 10.5. The number of thiazole rings is 1. The fraction of sp³-hybridized carbons (Fsp3) is 0.344. The maximum Gasteiger partial charge on any atom is 0.416 e. The van der Waals surface area contributed by atoms with E-state index in [1.807, 2.05) is 25.1 Å². The summed E-state index contributed by atoms with van der Waals surface area (Å²) in [5, 5.41) is 0.653. The van der Waals surface area contributed by atoms with Gasteiger partial charge in [-0.05, 0) is 61.9 Å².